The summed E-state index contributed by atoms with van der Waals surface area (Å²) in [6.07, 6.45) is 1.31. The Balaban J connectivity index is 3.74. The molecule has 108 valence electrons. The molecule has 0 unspecified atom stereocenters. The summed E-state index contributed by atoms with van der Waals surface area (Å²) in [6.45, 7) is 0. The van der Waals surface area contributed by atoms with Crippen molar-refractivity contribution in [1.29, 1.82) is 0 Å². The molecule has 1 rings (SSSR count). The van der Waals surface area contributed by atoms with Gasteiger partial charge in [-0.1, -0.05) is 0 Å². The molecule has 0 amide bonds. The average Bonchev–Trinajstić information content (AvgIpc) is 2.67. The second-order valence-corrected chi connectivity index (χ2v) is 7.32. The second kappa shape index (κ2) is 4.64. The van der Waals surface area contributed by atoms with Crippen molar-refractivity contribution < 1.29 is 33.4 Å². The Morgan fingerprint density at radius 2 is 1.74 bits per heavy atom. The SMILES string of the molecule is CN(C)S(=O)(=O)[N+](=C1C=NC=N1)S(=O)(=O)C(F)(F)F. The van der Waals surface area contributed by atoms with Crippen LogP contribution in [0.5, 0.6) is 0 Å². The van der Waals surface area contributed by atoms with Gasteiger partial charge in [0.15, 0.2) is 0 Å². The Kier molecular flexibility index (Phi) is 3.84. The van der Waals surface area contributed by atoms with Crippen LogP contribution in [0.3, 0.4) is 0 Å². The first kappa shape index (κ1) is 15.7. The highest BCUT2D eigenvalue weighted by Gasteiger charge is 2.57. The molecule has 1 heterocycles. The van der Waals surface area contributed by atoms with E-state index in [2.05, 4.69) is 9.98 Å². The molecule has 1 aliphatic rings. The first-order valence-corrected chi connectivity index (χ1v) is 7.23. The molecule has 0 aromatic rings. The predicted octanol–water partition coefficient (Wildman–Crippen LogP) is -0.834. The van der Waals surface area contributed by atoms with Crippen LogP contribution in [-0.4, -0.2) is 62.5 Å². The molecular weight excluding hydrogens is 313 g/mol. The Hall–Kier alpha value is -1.34. The summed E-state index contributed by atoms with van der Waals surface area (Å²) < 4.78 is 83.1. The molecule has 0 N–H and O–H groups in total. The summed E-state index contributed by atoms with van der Waals surface area (Å²) in [4.78, 5) is 6.42. The number of halogens is 3. The van der Waals surface area contributed by atoms with E-state index in [0.29, 0.717) is 10.5 Å². The fourth-order valence-electron chi connectivity index (χ4n) is 0.928. The number of sulfonamides is 1. The smallest absolute Gasteiger partial charge is 0.212 e. The van der Waals surface area contributed by atoms with Gasteiger partial charge >= 0.3 is 31.6 Å². The maximum atomic E-state index is 12.5. The van der Waals surface area contributed by atoms with Crippen LogP contribution in [0.2, 0.25) is 0 Å². The minimum atomic E-state index is -6.16. The predicted molar refractivity (Wildman–Crippen MR) is 59.8 cm³/mol. The van der Waals surface area contributed by atoms with Crippen molar-refractivity contribution in [2.75, 3.05) is 14.1 Å². The van der Waals surface area contributed by atoms with Gasteiger partial charge in [0.05, 0.1) is 0 Å². The number of aliphatic imine (C=N–C) groups is 2. The van der Waals surface area contributed by atoms with E-state index in [1.807, 2.05) is 0 Å². The number of hydrogen-bond donors (Lipinski definition) is 0. The van der Waals surface area contributed by atoms with Crippen LogP contribution in [0.15, 0.2) is 9.98 Å². The maximum absolute atomic E-state index is 12.5. The Bertz CT molecular complexity index is 658. The number of alkyl halides is 3. The zero-order valence-corrected chi connectivity index (χ0v) is 11.2. The molecular formula is C6H8F3N4O4S2+. The lowest BCUT2D eigenvalue weighted by Gasteiger charge is -2.14. The highest BCUT2D eigenvalue weighted by molar-refractivity contribution is 7.97. The van der Waals surface area contributed by atoms with E-state index in [0.717, 1.165) is 20.4 Å². The van der Waals surface area contributed by atoms with E-state index in [-0.39, 0.29) is 0 Å². The van der Waals surface area contributed by atoms with Crippen LogP contribution in [0.4, 0.5) is 13.2 Å². The first-order valence-electron chi connectivity index (χ1n) is 4.39. The third-order valence-corrected chi connectivity index (χ3v) is 5.71. The van der Waals surface area contributed by atoms with Gasteiger partial charge in [-0.2, -0.15) is 34.3 Å². The summed E-state index contributed by atoms with van der Waals surface area (Å²) in [7, 11) is -9.35. The van der Waals surface area contributed by atoms with Crippen LogP contribution >= 0.6 is 0 Å². The zero-order valence-electron chi connectivity index (χ0n) is 9.53. The highest BCUT2D eigenvalue weighted by Crippen LogP contribution is 2.27. The number of nitrogens with zero attached hydrogens (tertiary/aromatic N) is 4. The van der Waals surface area contributed by atoms with Gasteiger partial charge in [-0.15, -0.1) is 0 Å². The Labute approximate surface area is 106 Å². The third kappa shape index (κ3) is 2.66. The highest BCUT2D eigenvalue weighted by atomic mass is 32.3. The van der Waals surface area contributed by atoms with Gasteiger partial charge in [0.25, 0.3) is 0 Å². The quantitative estimate of drug-likeness (QED) is 0.633. The van der Waals surface area contributed by atoms with E-state index < -0.39 is 35.0 Å². The Morgan fingerprint density at radius 3 is 2.05 bits per heavy atom. The van der Waals surface area contributed by atoms with Crippen molar-refractivity contribution >= 4 is 38.6 Å². The molecule has 0 fully saturated rings. The van der Waals surface area contributed by atoms with Crippen LogP contribution in [-0.2, 0) is 20.2 Å². The van der Waals surface area contributed by atoms with E-state index in [1.165, 1.54) is 0 Å². The minimum absolute atomic E-state index is 0.310. The lowest BCUT2D eigenvalue weighted by molar-refractivity contribution is -0.214. The topological polar surface area (TPSA) is 99.2 Å². The summed E-state index contributed by atoms with van der Waals surface area (Å²) in [6, 6.07) is 0. The fraction of sp³-hybridized carbons (Fsp3) is 0.500. The molecule has 8 nitrogen and oxygen atoms in total. The molecule has 0 spiro atoms. The molecule has 1 aliphatic heterocycles. The molecule has 0 bridgehead atoms. The summed E-state index contributed by atoms with van der Waals surface area (Å²) in [5.41, 5.74) is -5.80. The van der Waals surface area contributed by atoms with Crippen molar-refractivity contribution in [3.63, 3.8) is 0 Å². The van der Waals surface area contributed by atoms with E-state index >= 15 is 0 Å². The van der Waals surface area contributed by atoms with Gasteiger partial charge in [-0.3, -0.25) is 0 Å². The van der Waals surface area contributed by atoms with Crippen molar-refractivity contribution in [1.82, 2.24) is 4.31 Å². The number of hydrogen-bond acceptors (Lipinski definition) is 5. The van der Waals surface area contributed by atoms with Gasteiger partial charge in [0.1, 0.15) is 6.21 Å². The Morgan fingerprint density at radius 1 is 1.21 bits per heavy atom. The molecule has 0 radical (unpaired) electrons. The van der Waals surface area contributed by atoms with Crippen molar-refractivity contribution in [2.24, 2.45) is 9.98 Å². The average molecular weight is 321 g/mol. The molecule has 0 aliphatic carbocycles. The lowest BCUT2D eigenvalue weighted by Crippen LogP contribution is -2.45. The largest absolute Gasteiger partial charge is 0.538 e. The third-order valence-electron chi connectivity index (χ3n) is 1.82. The molecule has 13 heteroatoms. The molecule has 0 saturated heterocycles. The number of amidine groups is 1. The van der Waals surface area contributed by atoms with Gasteiger partial charge in [0.2, 0.25) is 6.34 Å². The minimum Gasteiger partial charge on any atom is -0.212 e. The maximum Gasteiger partial charge on any atom is 0.538 e. The van der Waals surface area contributed by atoms with Gasteiger partial charge < -0.3 is 0 Å². The fourth-order valence-corrected chi connectivity index (χ4v) is 3.73. The number of rotatable bonds is 3. The second-order valence-electron chi connectivity index (χ2n) is 3.32. The molecule has 0 saturated carbocycles. The van der Waals surface area contributed by atoms with Gasteiger partial charge in [-0.05, 0) is 8.38 Å². The van der Waals surface area contributed by atoms with E-state index in [4.69, 9.17) is 0 Å². The van der Waals surface area contributed by atoms with Crippen molar-refractivity contribution in [3.05, 3.63) is 0 Å². The molecule has 0 aromatic carbocycles. The van der Waals surface area contributed by atoms with Gasteiger partial charge in [0, 0.05) is 14.1 Å². The zero-order chi connectivity index (χ0) is 15.1. The lowest BCUT2D eigenvalue weighted by atomic mass is 10.7. The van der Waals surface area contributed by atoms with Gasteiger partial charge in [-0.25, -0.2) is 4.99 Å². The van der Waals surface area contributed by atoms with Crippen LogP contribution < -0.4 is 0 Å². The van der Waals surface area contributed by atoms with Crippen LogP contribution in [0, 0.1) is 0 Å². The first-order chi connectivity index (χ1) is 8.42. The van der Waals surface area contributed by atoms with E-state index in [1.54, 1.807) is 0 Å². The van der Waals surface area contributed by atoms with Crippen molar-refractivity contribution in [2.45, 2.75) is 5.51 Å². The van der Waals surface area contributed by atoms with Crippen LogP contribution in [0.25, 0.3) is 0 Å². The summed E-state index contributed by atoms with van der Waals surface area (Å²) in [5, 5.41) is 0. The van der Waals surface area contributed by atoms with Crippen molar-refractivity contribution in [3.8, 4) is 0 Å². The molecule has 0 aromatic heterocycles. The van der Waals surface area contributed by atoms with E-state index in [9.17, 15) is 30.0 Å². The molecule has 0 atom stereocenters. The van der Waals surface area contributed by atoms with Crippen LogP contribution in [0.1, 0.15) is 0 Å². The monoisotopic (exact) mass is 321 g/mol. The standard InChI is InChI=1S/C6H8F3N4O4S2/c1-12(2)19(16,17)13(5-3-10-4-11-5)18(14,15)6(7,8)9/h3-4H,1-2H3/q+1. The summed E-state index contributed by atoms with van der Waals surface area (Å²) >= 11 is 0. The summed E-state index contributed by atoms with van der Waals surface area (Å²) in [5.74, 6) is -0.967. The molecule has 19 heavy (non-hydrogen) atoms. The normalized spacial score (nSPS) is 19.3.